The molecule has 1 N–H and O–H groups in total. The minimum Gasteiger partial charge on any atom is -0.346 e. The van der Waals surface area contributed by atoms with Gasteiger partial charge in [0.15, 0.2) is 0 Å². The zero-order chi connectivity index (χ0) is 18.6. The van der Waals surface area contributed by atoms with E-state index in [2.05, 4.69) is 5.32 Å². The summed E-state index contributed by atoms with van der Waals surface area (Å²) in [4.78, 5) is 12.7. The first-order valence-corrected chi connectivity index (χ1v) is 10.4. The summed E-state index contributed by atoms with van der Waals surface area (Å²) in [6.07, 6.45) is 2.83. The first-order valence-electron chi connectivity index (χ1n) is 8.94. The first kappa shape index (κ1) is 18.6. The molecule has 1 saturated heterocycles. The summed E-state index contributed by atoms with van der Waals surface area (Å²) in [7, 11) is -3.55. The normalized spacial score (nSPS) is 16.8. The van der Waals surface area contributed by atoms with E-state index in [-0.39, 0.29) is 16.8 Å². The molecule has 1 fully saturated rings. The fourth-order valence-electron chi connectivity index (χ4n) is 3.16. The van der Waals surface area contributed by atoms with Crippen LogP contribution in [0.15, 0.2) is 59.5 Å². The van der Waals surface area contributed by atoms with E-state index in [0.717, 1.165) is 24.8 Å². The molecule has 0 aromatic heterocycles. The molecule has 1 aliphatic rings. The minimum absolute atomic E-state index is 0.161. The maximum absolute atomic E-state index is 12.8. The lowest BCUT2D eigenvalue weighted by Crippen LogP contribution is -2.35. The lowest BCUT2D eigenvalue weighted by atomic mass is 10.1. The van der Waals surface area contributed by atoms with Gasteiger partial charge in [-0.3, -0.25) is 4.79 Å². The molecule has 0 aliphatic carbocycles. The summed E-state index contributed by atoms with van der Waals surface area (Å²) in [6, 6.07) is 15.8. The number of carbonyl (C=O) groups excluding carboxylic acids is 1. The van der Waals surface area contributed by atoms with Crippen molar-refractivity contribution in [2.24, 2.45) is 0 Å². The Balaban J connectivity index is 1.77. The van der Waals surface area contributed by atoms with E-state index in [4.69, 9.17) is 0 Å². The highest BCUT2D eigenvalue weighted by molar-refractivity contribution is 7.89. The highest BCUT2D eigenvalue weighted by Crippen LogP contribution is 2.21. The third-order valence-corrected chi connectivity index (χ3v) is 6.59. The second-order valence-corrected chi connectivity index (χ2v) is 8.54. The number of benzene rings is 2. The molecule has 0 saturated carbocycles. The molecule has 5 nitrogen and oxygen atoms in total. The molecule has 0 bridgehead atoms. The van der Waals surface area contributed by atoms with Gasteiger partial charge in [-0.15, -0.1) is 0 Å². The second-order valence-electron chi connectivity index (χ2n) is 6.60. The number of hydrogen-bond acceptors (Lipinski definition) is 3. The number of hydrogen-bond donors (Lipinski definition) is 1. The molecular formula is C20H24N2O3S. The Bertz CT molecular complexity index is 860. The van der Waals surface area contributed by atoms with Gasteiger partial charge in [0.05, 0.1) is 10.9 Å². The second kappa shape index (κ2) is 8.01. The van der Waals surface area contributed by atoms with Crippen LogP contribution in [0.2, 0.25) is 0 Å². The summed E-state index contributed by atoms with van der Waals surface area (Å²) in [6.45, 7) is 3.00. The van der Waals surface area contributed by atoms with Gasteiger partial charge in [0, 0.05) is 18.7 Å². The zero-order valence-electron chi connectivity index (χ0n) is 14.9. The van der Waals surface area contributed by atoms with E-state index < -0.39 is 10.0 Å². The van der Waals surface area contributed by atoms with E-state index in [1.54, 1.807) is 18.2 Å². The van der Waals surface area contributed by atoms with Gasteiger partial charge in [0.1, 0.15) is 0 Å². The fourth-order valence-corrected chi connectivity index (χ4v) is 4.72. The molecule has 26 heavy (non-hydrogen) atoms. The number of nitrogens with zero attached hydrogens (tertiary/aromatic N) is 1. The minimum atomic E-state index is -3.55. The molecule has 2 aromatic rings. The van der Waals surface area contributed by atoms with Crippen molar-refractivity contribution in [2.75, 3.05) is 13.1 Å². The third kappa shape index (κ3) is 4.14. The Kier molecular flexibility index (Phi) is 5.74. The Morgan fingerprint density at radius 3 is 2.38 bits per heavy atom. The average Bonchev–Trinajstić information content (AvgIpc) is 2.69. The van der Waals surface area contributed by atoms with Gasteiger partial charge in [0.2, 0.25) is 10.0 Å². The van der Waals surface area contributed by atoms with Crippen LogP contribution in [0.5, 0.6) is 0 Å². The first-order chi connectivity index (χ1) is 12.5. The molecule has 0 unspecified atom stereocenters. The van der Waals surface area contributed by atoms with Gasteiger partial charge in [-0.2, -0.15) is 4.31 Å². The third-order valence-electron chi connectivity index (χ3n) is 4.70. The van der Waals surface area contributed by atoms with Gasteiger partial charge in [-0.25, -0.2) is 8.42 Å². The summed E-state index contributed by atoms with van der Waals surface area (Å²) in [5.41, 5.74) is 1.35. The predicted octanol–water partition coefficient (Wildman–Crippen LogP) is 3.35. The maximum Gasteiger partial charge on any atom is 0.251 e. The van der Waals surface area contributed by atoms with Crippen LogP contribution >= 0.6 is 0 Å². The van der Waals surface area contributed by atoms with Crippen LogP contribution in [0.4, 0.5) is 0 Å². The smallest absolute Gasteiger partial charge is 0.251 e. The molecule has 138 valence electrons. The van der Waals surface area contributed by atoms with Crippen LogP contribution in [0.1, 0.15) is 48.1 Å². The number of carbonyl (C=O) groups is 1. The summed E-state index contributed by atoms with van der Waals surface area (Å²) in [5.74, 6) is -0.281. The van der Waals surface area contributed by atoms with Crippen molar-refractivity contribution in [3.8, 4) is 0 Å². The Hall–Kier alpha value is -2.18. The van der Waals surface area contributed by atoms with Crippen molar-refractivity contribution in [1.29, 1.82) is 0 Å². The topological polar surface area (TPSA) is 66.5 Å². The van der Waals surface area contributed by atoms with Gasteiger partial charge >= 0.3 is 0 Å². The molecule has 3 rings (SSSR count). The lowest BCUT2D eigenvalue weighted by Gasteiger charge is -2.26. The molecule has 0 radical (unpaired) electrons. The SMILES string of the molecule is C[C@@H](NC(=O)c1cccc(S(=O)(=O)N2CCCCC2)c1)c1ccccc1. The van der Waals surface area contributed by atoms with Crippen LogP contribution in [-0.4, -0.2) is 31.7 Å². The van der Waals surface area contributed by atoms with Crippen LogP contribution in [0, 0.1) is 0 Å². The van der Waals surface area contributed by atoms with E-state index in [9.17, 15) is 13.2 Å². The van der Waals surface area contributed by atoms with Crippen molar-refractivity contribution in [3.63, 3.8) is 0 Å². The molecule has 0 spiro atoms. The van der Waals surface area contributed by atoms with Crippen LogP contribution < -0.4 is 5.32 Å². The number of sulfonamides is 1. The molecule has 2 aromatic carbocycles. The highest BCUT2D eigenvalue weighted by Gasteiger charge is 2.26. The Morgan fingerprint density at radius 2 is 1.69 bits per heavy atom. The zero-order valence-corrected chi connectivity index (χ0v) is 15.7. The van der Waals surface area contributed by atoms with Crippen molar-refractivity contribution < 1.29 is 13.2 Å². The predicted molar refractivity (Wildman–Crippen MR) is 101 cm³/mol. The van der Waals surface area contributed by atoms with Crippen molar-refractivity contribution >= 4 is 15.9 Å². The molecule has 6 heteroatoms. The molecular weight excluding hydrogens is 348 g/mol. The standard InChI is InChI=1S/C20H24N2O3S/c1-16(17-9-4-2-5-10-17)21-20(23)18-11-8-12-19(15-18)26(24,25)22-13-6-3-7-14-22/h2,4-5,8-12,15-16H,3,6-7,13-14H2,1H3,(H,21,23)/t16-/m1/s1. The van der Waals surface area contributed by atoms with Gasteiger partial charge in [-0.05, 0) is 43.5 Å². The van der Waals surface area contributed by atoms with Crippen molar-refractivity contribution in [1.82, 2.24) is 9.62 Å². The average molecular weight is 372 g/mol. The van der Waals surface area contributed by atoms with E-state index in [1.807, 2.05) is 37.3 Å². The Morgan fingerprint density at radius 1 is 1.00 bits per heavy atom. The van der Waals surface area contributed by atoms with E-state index in [0.29, 0.717) is 18.7 Å². The molecule has 1 atom stereocenters. The number of nitrogens with one attached hydrogen (secondary N) is 1. The number of rotatable bonds is 5. The van der Waals surface area contributed by atoms with Crippen LogP contribution in [0.3, 0.4) is 0 Å². The molecule has 1 heterocycles. The van der Waals surface area contributed by atoms with E-state index >= 15 is 0 Å². The summed E-state index contributed by atoms with van der Waals surface area (Å²) >= 11 is 0. The van der Waals surface area contributed by atoms with Crippen LogP contribution in [0.25, 0.3) is 0 Å². The molecule has 1 amide bonds. The summed E-state index contributed by atoms with van der Waals surface area (Å²) in [5, 5.41) is 2.92. The monoisotopic (exact) mass is 372 g/mol. The maximum atomic E-state index is 12.8. The largest absolute Gasteiger partial charge is 0.346 e. The highest BCUT2D eigenvalue weighted by atomic mass is 32.2. The molecule has 1 aliphatic heterocycles. The Labute approximate surface area is 155 Å². The number of piperidine rings is 1. The van der Waals surface area contributed by atoms with Crippen LogP contribution in [-0.2, 0) is 10.0 Å². The van der Waals surface area contributed by atoms with Crippen molar-refractivity contribution in [3.05, 3.63) is 65.7 Å². The summed E-state index contributed by atoms with van der Waals surface area (Å²) < 4.78 is 27.1. The van der Waals surface area contributed by atoms with Gasteiger partial charge in [-0.1, -0.05) is 42.8 Å². The lowest BCUT2D eigenvalue weighted by molar-refractivity contribution is 0.0939. The number of amides is 1. The van der Waals surface area contributed by atoms with Gasteiger partial charge < -0.3 is 5.32 Å². The van der Waals surface area contributed by atoms with E-state index in [1.165, 1.54) is 10.4 Å². The quantitative estimate of drug-likeness (QED) is 0.875. The van der Waals surface area contributed by atoms with Crippen molar-refractivity contribution in [2.45, 2.75) is 37.1 Å². The fraction of sp³-hybridized carbons (Fsp3) is 0.350. The van der Waals surface area contributed by atoms with Gasteiger partial charge in [0.25, 0.3) is 5.91 Å².